The summed E-state index contributed by atoms with van der Waals surface area (Å²) in [6.45, 7) is 1.81. The largest absolute Gasteiger partial charge is 0.465 e. The molecule has 0 aromatic rings. The molecule has 118 valence electrons. The maximum atomic E-state index is 13.5. The van der Waals surface area contributed by atoms with Crippen molar-refractivity contribution in [2.45, 2.75) is 70.1 Å². The van der Waals surface area contributed by atoms with E-state index in [4.69, 9.17) is 4.74 Å². The number of hydrogen-bond donors (Lipinski definition) is 0. The van der Waals surface area contributed by atoms with Gasteiger partial charge in [0, 0.05) is 32.1 Å². The summed E-state index contributed by atoms with van der Waals surface area (Å²) in [5.74, 6) is -6.57. The van der Waals surface area contributed by atoms with Gasteiger partial charge >= 0.3 is 5.97 Å². The van der Waals surface area contributed by atoms with Crippen LogP contribution in [-0.2, 0) is 9.53 Å². The van der Waals surface area contributed by atoms with E-state index < -0.39 is 37.1 Å². The fraction of sp³-hybridized carbons (Fsp3) is 0.929. The van der Waals surface area contributed by atoms with Crippen molar-refractivity contribution < 1.29 is 27.1 Å². The maximum Gasteiger partial charge on any atom is 0.305 e. The Kier molecular flexibility index (Phi) is 6.27. The lowest BCUT2D eigenvalue weighted by Gasteiger charge is -2.22. The predicted octanol–water partition coefficient (Wildman–Crippen LogP) is 4.57. The minimum atomic E-state index is -2.98. The Bertz CT molecular complexity index is 318. The zero-order valence-electron chi connectivity index (χ0n) is 11.8. The third kappa shape index (κ3) is 7.10. The smallest absolute Gasteiger partial charge is 0.305 e. The number of cyclic esters (lactones) is 1. The number of halogens is 4. The molecule has 0 radical (unpaired) electrons. The summed E-state index contributed by atoms with van der Waals surface area (Å²) in [6, 6.07) is 0. The summed E-state index contributed by atoms with van der Waals surface area (Å²) in [7, 11) is 0. The minimum absolute atomic E-state index is 0.0244. The van der Waals surface area contributed by atoms with E-state index in [2.05, 4.69) is 0 Å². The topological polar surface area (TPSA) is 26.3 Å². The standard InChI is InChI=1S/C14H22F4O2/c1-11-5-9-14(17,18)8-3-7-13(15,16)6-2-4-12(19)20-10-11/h11H,2-10H2,1H3. The molecule has 0 N–H and O–H groups in total. The van der Waals surface area contributed by atoms with Gasteiger partial charge in [-0.2, -0.15) is 0 Å². The molecule has 0 aromatic carbocycles. The van der Waals surface area contributed by atoms with Crippen molar-refractivity contribution in [3.8, 4) is 0 Å². The van der Waals surface area contributed by atoms with Gasteiger partial charge in [0.05, 0.1) is 6.61 Å². The predicted molar refractivity (Wildman–Crippen MR) is 67.0 cm³/mol. The minimum Gasteiger partial charge on any atom is -0.465 e. The van der Waals surface area contributed by atoms with Crippen molar-refractivity contribution in [1.29, 1.82) is 0 Å². The first-order valence-corrected chi connectivity index (χ1v) is 7.11. The lowest BCUT2D eigenvalue weighted by Crippen LogP contribution is -2.23. The van der Waals surface area contributed by atoms with Crippen molar-refractivity contribution in [2.75, 3.05) is 6.61 Å². The van der Waals surface area contributed by atoms with Crippen LogP contribution in [0.1, 0.15) is 58.3 Å². The van der Waals surface area contributed by atoms with Crippen LogP contribution < -0.4 is 0 Å². The van der Waals surface area contributed by atoms with Crippen LogP contribution in [0.25, 0.3) is 0 Å². The van der Waals surface area contributed by atoms with Gasteiger partial charge in [-0.05, 0) is 25.2 Å². The summed E-state index contributed by atoms with van der Waals surface area (Å²) < 4.78 is 58.8. The molecule has 6 heteroatoms. The van der Waals surface area contributed by atoms with Crippen molar-refractivity contribution in [3.05, 3.63) is 0 Å². The molecular formula is C14H22F4O2. The molecule has 0 bridgehead atoms. The van der Waals surface area contributed by atoms with Gasteiger partial charge in [0.2, 0.25) is 11.8 Å². The van der Waals surface area contributed by atoms with E-state index in [1.165, 1.54) is 0 Å². The zero-order chi connectivity index (χ0) is 15.2. The first kappa shape index (κ1) is 17.2. The Morgan fingerprint density at radius 2 is 1.55 bits per heavy atom. The molecule has 20 heavy (non-hydrogen) atoms. The average Bonchev–Trinajstić information content (AvgIpc) is 2.32. The normalized spacial score (nSPS) is 29.2. The van der Waals surface area contributed by atoms with Crippen LogP contribution in [0.4, 0.5) is 17.6 Å². The van der Waals surface area contributed by atoms with E-state index in [-0.39, 0.29) is 44.6 Å². The number of ether oxygens (including phenoxy) is 1. The van der Waals surface area contributed by atoms with E-state index in [1.54, 1.807) is 6.92 Å². The van der Waals surface area contributed by atoms with Gasteiger partial charge in [0.15, 0.2) is 0 Å². The molecule has 1 saturated heterocycles. The number of alkyl halides is 4. The van der Waals surface area contributed by atoms with E-state index in [9.17, 15) is 22.4 Å². The Balaban J connectivity index is 2.59. The fourth-order valence-corrected chi connectivity index (χ4v) is 2.20. The first-order valence-electron chi connectivity index (χ1n) is 7.11. The molecule has 1 aliphatic rings. The Morgan fingerprint density at radius 3 is 2.20 bits per heavy atom. The molecule has 1 rings (SSSR count). The molecule has 1 atom stereocenters. The van der Waals surface area contributed by atoms with Crippen molar-refractivity contribution >= 4 is 5.97 Å². The van der Waals surface area contributed by atoms with E-state index in [0.29, 0.717) is 0 Å². The Hall–Kier alpha value is -0.810. The highest BCUT2D eigenvalue weighted by Crippen LogP contribution is 2.33. The van der Waals surface area contributed by atoms with Crippen LogP contribution in [0.15, 0.2) is 0 Å². The van der Waals surface area contributed by atoms with Crippen LogP contribution in [0, 0.1) is 5.92 Å². The summed E-state index contributed by atoms with van der Waals surface area (Å²) in [5.41, 5.74) is 0. The van der Waals surface area contributed by atoms with Crippen molar-refractivity contribution in [3.63, 3.8) is 0 Å². The monoisotopic (exact) mass is 298 g/mol. The lowest BCUT2D eigenvalue weighted by atomic mass is 9.97. The summed E-state index contributed by atoms with van der Waals surface area (Å²) in [6.07, 6.45) is -1.85. The lowest BCUT2D eigenvalue weighted by molar-refractivity contribution is -0.145. The second-order valence-electron chi connectivity index (χ2n) is 5.75. The molecule has 0 aromatic heterocycles. The Labute approximate surface area is 116 Å². The van der Waals surface area contributed by atoms with Gasteiger partial charge in [-0.15, -0.1) is 0 Å². The van der Waals surface area contributed by atoms with Crippen molar-refractivity contribution in [2.24, 2.45) is 5.92 Å². The van der Waals surface area contributed by atoms with Crippen LogP contribution in [0.2, 0.25) is 0 Å². The van der Waals surface area contributed by atoms with Crippen LogP contribution in [-0.4, -0.2) is 24.4 Å². The number of rotatable bonds is 0. The molecule has 1 unspecified atom stereocenters. The average molecular weight is 298 g/mol. The van der Waals surface area contributed by atoms with Crippen LogP contribution in [0.5, 0.6) is 0 Å². The fourth-order valence-electron chi connectivity index (χ4n) is 2.20. The van der Waals surface area contributed by atoms with Gasteiger partial charge in [0.1, 0.15) is 0 Å². The molecule has 0 saturated carbocycles. The zero-order valence-corrected chi connectivity index (χ0v) is 11.8. The van der Waals surface area contributed by atoms with E-state index in [1.807, 2.05) is 0 Å². The van der Waals surface area contributed by atoms with E-state index >= 15 is 0 Å². The van der Waals surface area contributed by atoms with Gasteiger partial charge < -0.3 is 4.74 Å². The molecular weight excluding hydrogens is 276 g/mol. The second-order valence-corrected chi connectivity index (χ2v) is 5.75. The number of esters is 1. The number of hydrogen-bond acceptors (Lipinski definition) is 2. The SMILES string of the molecule is CC1CCC(F)(F)CCCC(F)(F)CCCC(=O)OC1. The molecule has 1 fully saturated rings. The van der Waals surface area contributed by atoms with Gasteiger partial charge in [0.25, 0.3) is 0 Å². The summed E-state index contributed by atoms with van der Waals surface area (Å²) in [4.78, 5) is 11.3. The maximum absolute atomic E-state index is 13.5. The number of carbonyl (C=O) groups excluding carboxylic acids is 1. The second kappa shape index (κ2) is 7.27. The third-order valence-corrected chi connectivity index (χ3v) is 3.54. The van der Waals surface area contributed by atoms with Gasteiger partial charge in [-0.1, -0.05) is 6.92 Å². The molecule has 0 spiro atoms. The van der Waals surface area contributed by atoms with E-state index in [0.717, 1.165) is 0 Å². The molecule has 2 nitrogen and oxygen atoms in total. The van der Waals surface area contributed by atoms with Gasteiger partial charge in [-0.3, -0.25) is 4.79 Å². The number of carbonyl (C=O) groups is 1. The summed E-state index contributed by atoms with van der Waals surface area (Å²) in [5, 5.41) is 0. The third-order valence-electron chi connectivity index (χ3n) is 3.54. The molecule has 0 amide bonds. The summed E-state index contributed by atoms with van der Waals surface area (Å²) >= 11 is 0. The highest BCUT2D eigenvalue weighted by atomic mass is 19.3. The highest BCUT2D eigenvalue weighted by Gasteiger charge is 2.33. The van der Waals surface area contributed by atoms with Crippen LogP contribution >= 0.6 is 0 Å². The quantitative estimate of drug-likeness (QED) is 0.483. The molecule has 1 heterocycles. The Morgan fingerprint density at radius 1 is 1.00 bits per heavy atom. The first-order chi connectivity index (χ1) is 9.20. The highest BCUT2D eigenvalue weighted by molar-refractivity contribution is 5.69. The van der Waals surface area contributed by atoms with Crippen LogP contribution in [0.3, 0.4) is 0 Å². The molecule has 0 aliphatic carbocycles. The molecule has 1 aliphatic heterocycles. The van der Waals surface area contributed by atoms with Gasteiger partial charge in [-0.25, -0.2) is 17.6 Å². The van der Waals surface area contributed by atoms with Crippen molar-refractivity contribution in [1.82, 2.24) is 0 Å².